The molecule has 6 heteroatoms. The summed E-state index contributed by atoms with van der Waals surface area (Å²) in [7, 11) is 0. The monoisotopic (exact) mass is 293 g/mol. The first-order valence-corrected chi connectivity index (χ1v) is 7.52. The smallest absolute Gasteiger partial charge is 0.311 e. The molecule has 1 aromatic carbocycles. The SMILES string of the molecule is CCOc1cc(N2CCC(CCN)CC2)ccc1[N+](=O)[O-]. The van der Waals surface area contributed by atoms with Crippen molar-refractivity contribution in [2.45, 2.75) is 26.2 Å². The van der Waals surface area contributed by atoms with Crippen molar-refractivity contribution in [1.29, 1.82) is 0 Å². The van der Waals surface area contributed by atoms with E-state index in [0.29, 0.717) is 18.3 Å². The number of nitro benzene ring substituents is 1. The van der Waals surface area contributed by atoms with Gasteiger partial charge in [-0.1, -0.05) is 0 Å². The van der Waals surface area contributed by atoms with Crippen LogP contribution in [0.1, 0.15) is 26.2 Å². The van der Waals surface area contributed by atoms with Crippen LogP contribution in [0.4, 0.5) is 11.4 Å². The first kappa shape index (κ1) is 15.6. The van der Waals surface area contributed by atoms with Crippen LogP contribution in [-0.2, 0) is 0 Å². The zero-order valence-corrected chi connectivity index (χ0v) is 12.5. The average Bonchev–Trinajstić information content (AvgIpc) is 2.48. The molecule has 1 heterocycles. The summed E-state index contributed by atoms with van der Waals surface area (Å²) in [6.45, 7) is 4.93. The van der Waals surface area contributed by atoms with E-state index in [1.165, 1.54) is 6.07 Å². The molecule has 0 unspecified atom stereocenters. The number of hydrogen-bond acceptors (Lipinski definition) is 5. The van der Waals surface area contributed by atoms with E-state index in [1.807, 2.05) is 13.0 Å². The molecule has 1 aliphatic heterocycles. The molecule has 0 bridgehead atoms. The van der Waals surface area contributed by atoms with Gasteiger partial charge >= 0.3 is 5.69 Å². The highest BCUT2D eigenvalue weighted by Crippen LogP contribution is 2.33. The van der Waals surface area contributed by atoms with E-state index < -0.39 is 4.92 Å². The maximum atomic E-state index is 11.0. The van der Waals surface area contributed by atoms with Crippen molar-refractivity contribution in [1.82, 2.24) is 0 Å². The van der Waals surface area contributed by atoms with Gasteiger partial charge in [0.05, 0.1) is 11.5 Å². The predicted octanol–water partition coefficient (Wildman–Crippen LogP) is 2.56. The Morgan fingerprint density at radius 1 is 1.43 bits per heavy atom. The number of hydrogen-bond donors (Lipinski definition) is 1. The minimum atomic E-state index is -0.401. The normalized spacial score (nSPS) is 16.0. The summed E-state index contributed by atoms with van der Waals surface area (Å²) in [5, 5.41) is 11.0. The molecule has 0 aliphatic carbocycles. The second kappa shape index (κ2) is 7.26. The van der Waals surface area contributed by atoms with Crippen molar-refractivity contribution in [3.05, 3.63) is 28.3 Å². The largest absolute Gasteiger partial charge is 0.487 e. The van der Waals surface area contributed by atoms with Crippen molar-refractivity contribution in [2.24, 2.45) is 11.7 Å². The molecule has 0 spiro atoms. The summed E-state index contributed by atoms with van der Waals surface area (Å²) >= 11 is 0. The molecule has 0 amide bonds. The van der Waals surface area contributed by atoms with E-state index in [2.05, 4.69) is 4.90 Å². The van der Waals surface area contributed by atoms with Crippen molar-refractivity contribution in [3.8, 4) is 5.75 Å². The first-order chi connectivity index (χ1) is 10.2. The maximum absolute atomic E-state index is 11.0. The fraction of sp³-hybridized carbons (Fsp3) is 0.600. The lowest BCUT2D eigenvalue weighted by molar-refractivity contribution is -0.385. The lowest BCUT2D eigenvalue weighted by Crippen LogP contribution is -2.34. The summed E-state index contributed by atoms with van der Waals surface area (Å²) in [5.41, 5.74) is 6.63. The highest BCUT2D eigenvalue weighted by Gasteiger charge is 2.21. The molecule has 1 aliphatic rings. The topological polar surface area (TPSA) is 81.6 Å². The summed E-state index contributed by atoms with van der Waals surface area (Å²) in [5.74, 6) is 1.06. The van der Waals surface area contributed by atoms with E-state index in [-0.39, 0.29) is 5.69 Å². The summed E-state index contributed by atoms with van der Waals surface area (Å²) < 4.78 is 5.40. The van der Waals surface area contributed by atoms with Crippen molar-refractivity contribution in [2.75, 3.05) is 31.1 Å². The molecule has 6 nitrogen and oxygen atoms in total. The number of benzene rings is 1. The van der Waals surface area contributed by atoms with Crippen LogP contribution >= 0.6 is 0 Å². The molecule has 2 rings (SSSR count). The first-order valence-electron chi connectivity index (χ1n) is 7.52. The zero-order chi connectivity index (χ0) is 15.2. The zero-order valence-electron chi connectivity index (χ0n) is 12.5. The van der Waals surface area contributed by atoms with Gasteiger partial charge in [0.25, 0.3) is 0 Å². The van der Waals surface area contributed by atoms with Crippen LogP contribution in [0.2, 0.25) is 0 Å². The Kier molecular flexibility index (Phi) is 5.38. The molecule has 1 aromatic rings. The van der Waals surface area contributed by atoms with Crippen LogP contribution in [0.3, 0.4) is 0 Å². The van der Waals surface area contributed by atoms with Gasteiger partial charge in [-0.05, 0) is 44.7 Å². The molecule has 0 aromatic heterocycles. The van der Waals surface area contributed by atoms with Gasteiger partial charge in [0.2, 0.25) is 0 Å². The standard InChI is InChI=1S/C15H23N3O3/c1-2-21-15-11-13(3-4-14(15)18(19)20)17-9-6-12(5-8-16)7-10-17/h3-4,11-12H,2,5-10,16H2,1H3. The predicted molar refractivity (Wildman–Crippen MR) is 82.9 cm³/mol. The summed E-state index contributed by atoms with van der Waals surface area (Å²) in [4.78, 5) is 12.9. The highest BCUT2D eigenvalue weighted by atomic mass is 16.6. The molecule has 2 N–H and O–H groups in total. The van der Waals surface area contributed by atoms with E-state index in [9.17, 15) is 10.1 Å². The van der Waals surface area contributed by atoms with Gasteiger partial charge in [0.1, 0.15) is 0 Å². The van der Waals surface area contributed by atoms with Crippen LogP contribution in [0, 0.1) is 16.0 Å². The second-order valence-electron chi connectivity index (χ2n) is 5.35. The lowest BCUT2D eigenvalue weighted by Gasteiger charge is -2.33. The van der Waals surface area contributed by atoms with Gasteiger partial charge < -0.3 is 15.4 Å². The lowest BCUT2D eigenvalue weighted by atomic mass is 9.93. The van der Waals surface area contributed by atoms with E-state index in [4.69, 9.17) is 10.5 Å². The number of ether oxygens (including phenoxy) is 1. The number of nitrogens with two attached hydrogens (primary N) is 1. The molecular formula is C15H23N3O3. The third kappa shape index (κ3) is 3.85. The van der Waals surface area contributed by atoms with Crippen molar-refractivity contribution < 1.29 is 9.66 Å². The fourth-order valence-electron chi connectivity index (χ4n) is 2.84. The molecule has 21 heavy (non-hydrogen) atoms. The van der Waals surface area contributed by atoms with Gasteiger partial charge in [-0.25, -0.2) is 0 Å². The van der Waals surface area contributed by atoms with E-state index >= 15 is 0 Å². The number of rotatable bonds is 6. The number of nitro groups is 1. The Morgan fingerprint density at radius 3 is 2.71 bits per heavy atom. The van der Waals surface area contributed by atoms with E-state index in [1.54, 1.807) is 6.07 Å². The maximum Gasteiger partial charge on any atom is 0.311 e. The second-order valence-corrected chi connectivity index (χ2v) is 5.35. The minimum Gasteiger partial charge on any atom is -0.487 e. The Balaban J connectivity index is 2.10. The fourth-order valence-corrected chi connectivity index (χ4v) is 2.84. The number of anilines is 1. The van der Waals surface area contributed by atoms with Crippen molar-refractivity contribution in [3.63, 3.8) is 0 Å². The highest BCUT2D eigenvalue weighted by molar-refractivity contribution is 5.59. The van der Waals surface area contributed by atoms with Crippen LogP contribution < -0.4 is 15.4 Å². The minimum absolute atomic E-state index is 0.0265. The van der Waals surface area contributed by atoms with Crippen molar-refractivity contribution >= 4 is 11.4 Å². The van der Waals surface area contributed by atoms with Gasteiger partial charge in [-0.15, -0.1) is 0 Å². The van der Waals surface area contributed by atoms with Crippen LogP contribution in [-0.4, -0.2) is 31.2 Å². The molecule has 0 atom stereocenters. The van der Waals surface area contributed by atoms with Crippen LogP contribution in [0.25, 0.3) is 0 Å². The molecule has 1 saturated heterocycles. The van der Waals surface area contributed by atoms with Gasteiger partial charge in [0.15, 0.2) is 5.75 Å². The van der Waals surface area contributed by atoms with Gasteiger partial charge in [-0.2, -0.15) is 0 Å². The summed E-state index contributed by atoms with van der Waals surface area (Å²) in [6, 6.07) is 5.13. The Morgan fingerprint density at radius 2 is 2.14 bits per heavy atom. The number of piperidine rings is 1. The quantitative estimate of drug-likeness (QED) is 0.644. The average molecular weight is 293 g/mol. The number of nitrogens with zero attached hydrogens (tertiary/aromatic N) is 2. The molecular weight excluding hydrogens is 270 g/mol. The van der Waals surface area contributed by atoms with Crippen LogP contribution in [0.5, 0.6) is 5.75 Å². The van der Waals surface area contributed by atoms with Crippen LogP contribution in [0.15, 0.2) is 18.2 Å². The molecule has 1 fully saturated rings. The molecule has 0 saturated carbocycles. The third-order valence-electron chi connectivity index (χ3n) is 3.99. The summed E-state index contributed by atoms with van der Waals surface area (Å²) in [6.07, 6.45) is 3.33. The van der Waals surface area contributed by atoms with Gasteiger partial charge in [0, 0.05) is 30.9 Å². The Labute approximate surface area is 125 Å². The van der Waals surface area contributed by atoms with Gasteiger partial charge in [-0.3, -0.25) is 10.1 Å². The molecule has 116 valence electrons. The third-order valence-corrected chi connectivity index (χ3v) is 3.99. The Hall–Kier alpha value is -1.82. The van der Waals surface area contributed by atoms with E-state index in [0.717, 1.165) is 44.6 Å². The Bertz CT molecular complexity index is 485. The molecule has 0 radical (unpaired) electrons.